The van der Waals surface area contributed by atoms with Crippen molar-refractivity contribution in [3.05, 3.63) is 149 Å². The Balaban J connectivity index is 1.08. The van der Waals surface area contributed by atoms with Gasteiger partial charge in [0.05, 0.1) is 31.3 Å². The van der Waals surface area contributed by atoms with E-state index < -0.39 is 64.6 Å². The predicted octanol–water partition coefficient (Wildman–Crippen LogP) is 21.2. The van der Waals surface area contributed by atoms with Crippen LogP contribution in [0.25, 0.3) is 0 Å². The Morgan fingerprint density at radius 1 is 0.450 bits per heavy atom. The number of phenols is 1. The highest BCUT2D eigenvalue weighted by atomic mass is 28.5. The van der Waals surface area contributed by atoms with Gasteiger partial charge in [0.15, 0.2) is 25.2 Å². The molecule has 1 N–H and O–H groups in total. The summed E-state index contributed by atoms with van der Waals surface area (Å²) >= 11 is 0. The molecule has 1 heterocycles. The van der Waals surface area contributed by atoms with E-state index in [2.05, 4.69) is 146 Å². The van der Waals surface area contributed by atoms with Crippen LogP contribution in [0.15, 0.2) is 121 Å². The smallest absolute Gasteiger partial charge is 0.317 e. The number of ether oxygens (including phenoxy) is 9. The number of carbonyl (C=O) groups is 1. The van der Waals surface area contributed by atoms with E-state index in [0.717, 1.165) is 92.2 Å². The molecule has 2 fully saturated rings. The Morgan fingerprint density at radius 3 is 1.24 bits per heavy atom. The van der Waals surface area contributed by atoms with E-state index in [-0.39, 0.29) is 47.3 Å². The van der Waals surface area contributed by atoms with Crippen LogP contribution in [-0.2, 0) is 44.9 Å². The molecule has 0 amide bonds. The van der Waals surface area contributed by atoms with Gasteiger partial charge in [-0.25, -0.2) is 0 Å². The molecule has 1 saturated heterocycles. The Labute approximate surface area is 606 Å². The van der Waals surface area contributed by atoms with Gasteiger partial charge in [-0.2, -0.15) is 0 Å². The highest BCUT2D eigenvalue weighted by molar-refractivity contribution is 6.93. The van der Waals surface area contributed by atoms with Crippen LogP contribution in [0.3, 0.4) is 0 Å². The molecule has 0 radical (unpaired) electrons. The maximum absolute atomic E-state index is 14.7. The summed E-state index contributed by atoms with van der Waals surface area (Å²) in [5.41, 5.74) is 4.80. The Morgan fingerprint density at radius 2 is 0.820 bits per heavy atom. The van der Waals surface area contributed by atoms with Gasteiger partial charge in [-0.1, -0.05) is 88.4 Å². The SMILES string of the molecule is CCC(C)c1ccc(OC(C)OCC2CCC(COC(C)Oc3ccc(C(CC(CC)c4ccc(OC(C)OCCC[Si]5(C)O[Si](C)(C)O[Si](C)(C)O[Si](C)(C)O5)cc4)CC(CC(CC(C)c4ccc(O)cc4)C(=O)OC(C)(C)C)c4ccc(OC(C)OC(C)(C)C)cc4)cc3)CC2)cc1. The minimum atomic E-state index is -2.64. The minimum Gasteiger partial charge on any atom is -0.508 e. The monoisotopic (exact) mass is 1450 g/mol. The molecule has 5 aromatic carbocycles. The molecule has 0 spiro atoms. The second kappa shape index (κ2) is 37.2. The van der Waals surface area contributed by atoms with Crippen LogP contribution in [0.2, 0.25) is 51.9 Å². The molecule has 1 aliphatic heterocycles. The molecule has 7 rings (SSSR count). The van der Waals surface area contributed by atoms with Gasteiger partial charge in [0, 0.05) is 0 Å². The zero-order valence-corrected chi connectivity index (χ0v) is 68.7. The lowest BCUT2D eigenvalue weighted by Gasteiger charge is -2.47. The molecule has 5 aromatic rings. The van der Waals surface area contributed by atoms with E-state index in [0.29, 0.717) is 56.2 Å². The molecule has 19 heteroatoms. The summed E-state index contributed by atoms with van der Waals surface area (Å²) in [5, 5.41) is 10.3. The summed E-state index contributed by atoms with van der Waals surface area (Å²) in [6.07, 6.45) is 8.05. The van der Waals surface area contributed by atoms with E-state index in [4.69, 9.17) is 59.1 Å². The average molecular weight is 1450 g/mol. The quantitative estimate of drug-likeness (QED) is 0.0175. The summed E-state index contributed by atoms with van der Waals surface area (Å²) in [7, 11) is -10.0. The van der Waals surface area contributed by atoms with Crippen molar-refractivity contribution in [3.8, 4) is 28.7 Å². The molecule has 2 aliphatic rings. The van der Waals surface area contributed by atoms with Crippen molar-refractivity contribution in [1.82, 2.24) is 0 Å². The average Bonchev–Trinajstić information content (AvgIpc) is 1.01. The zero-order chi connectivity index (χ0) is 73.2. The largest absolute Gasteiger partial charge is 0.508 e. The van der Waals surface area contributed by atoms with Gasteiger partial charge in [0.1, 0.15) is 34.3 Å². The second-order valence-electron chi connectivity index (χ2n) is 32.0. The lowest BCUT2D eigenvalue weighted by Crippen LogP contribution is -2.65. The van der Waals surface area contributed by atoms with Crippen molar-refractivity contribution < 1.29 is 69.0 Å². The molecule has 1 saturated carbocycles. The van der Waals surface area contributed by atoms with E-state index in [1.54, 1.807) is 12.1 Å². The lowest BCUT2D eigenvalue weighted by molar-refractivity contribution is -0.161. The van der Waals surface area contributed by atoms with Gasteiger partial charge in [0.2, 0.25) is 0 Å². The Kier molecular flexibility index (Phi) is 30.7. The van der Waals surface area contributed by atoms with Gasteiger partial charge in [-0.15, -0.1) is 0 Å². The van der Waals surface area contributed by atoms with Crippen LogP contribution in [-0.4, -0.2) is 102 Å². The fourth-order valence-corrected chi connectivity index (χ4v) is 36.0. The van der Waals surface area contributed by atoms with E-state index >= 15 is 0 Å². The fraction of sp³-hybridized carbons (Fsp3) is 0.617. The number of esters is 1. The molecule has 0 bridgehead atoms. The molecule has 0 aromatic heterocycles. The van der Waals surface area contributed by atoms with Crippen molar-refractivity contribution in [2.45, 2.75) is 285 Å². The van der Waals surface area contributed by atoms with Crippen LogP contribution in [0.1, 0.15) is 225 Å². The molecule has 15 nitrogen and oxygen atoms in total. The van der Waals surface area contributed by atoms with Crippen molar-refractivity contribution >= 4 is 40.2 Å². The molecule has 10 unspecified atom stereocenters. The number of hydrogen-bond acceptors (Lipinski definition) is 15. The van der Waals surface area contributed by atoms with Crippen LogP contribution in [0.5, 0.6) is 28.7 Å². The maximum atomic E-state index is 14.7. The van der Waals surface area contributed by atoms with Crippen molar-refractivity contribution in [3.63, 3.8) is 0 Å². The fourth-order valence-electron chi connectivity index (χ4n) is 14.5. The van der Waals surface area contributed by atoms with Crippen LogP contribution in [0.4, 0.5) is 0 Å². The number of hydrogen-bond donors (Lipinski definition) is 1. The molecular weight excluding hydrogens is 1330 g/mol. The number of aromatic hydroxyl groups is 1. The number of benzene rings is 5. The first-order valence-corrected chi connectivity index (χ1v) is 48.3. The van der Waals surface area contributed by atoms with Crippen molar-refractivity contribution in [2.75, 3.05) is 19.8 Å². The van der Waals surface area contributed by atoms with Gasteiger partial charge < -0.3 is 64.2 Å². The van der Waals surface area contributed by atoms with Crippen LogP contribution >= 0.6 is 0 Å². The number of carbonyl (C=O) groups excluding carboxylic acids is 1. The predicted molar refractivity (Wildman–Crippen MR) is 410 cm³/mol. The van der Waals surface area contributed by atoms with E-state index in [9.17, 15) is 9.90 Å². The molecule has 1 aliphatic carbocycles. The first-order chi connectivity index (χ1) is 46.9. The molecule has 10 atom stereocenters. The maximum Gasteiger partial charge on any atom is 0.317 e. The second-order valence-corrected chi connectivity index (χ2v) is 46.4. The molecular formula is C81H126O15Si4. The highest BCUT2D eigenvalue weighted by Crippen LogP contribution is 2.44. The highest BCUT2D eigenvalue weighted by Gasteiger charge is 2.52. The zero-order valence-electron chi connectivity index (χ0n) is 64.7. The third-order valence-corrected chi connectivity index (χ3v) is 35.5. The van der Waals surface area contributed by atoms with Gasteiger partial charge in [-0.05, 0) is 322 Å². The Hall–Kier alpha value is -4.88. The minimum absolute atomic E-state index is 0.00110. The summed E-state index contributed by atoms with van der Waals surface area (Å²) in [6.45, 7) is 45.1. The summed E-state index contributed by atoms with van der Waals surface area (Å²) < 4.78 is 83.6. The third kappa shape index (κ3) is 28.3. The normalized spacial score (nSPS) is 20.7. The van der Waals surface area contributed by atoms with E-state index in [1.807, 2.05) is 106 Å². The van der Waals surface area contributed by atoms with E-state index in [1.165, 1.54) is 16.7 Å². The lowest BCUT2D eigenvalue weighted by atomic mass is 9.74. The number of phenolic OH excluding ortho intramolecular Hbond substituents is 1. The Bertz CT molecular complexity index is 3180. The first kappa shape index (κ1) is 82.4. The summed E-state index contributed by atoms with van der Waals surface area (Å²) in [6, 6.07) is 42.0. The van der Waals surface area contributed by atoms with Crippen molar-refractivity contribution in [2.24, 2.45) is 17.8 Å². The van der Waals surface area contributed by atoms with Gasteiger partial charge >= 0.3 is 40.2 Å². The van der Waals surface area contributed by atoms with Crippen molar-refractivity contribution in [1.29, 1.82) is 0 Å². The van der Waals surface area contributed by atoms with Crippen LogP contribution in [0, 0.1) is 17.8 Å². The molecule has 100 heavy (non-hydrogen) atoms. The summed E-state index contributed by atoms with van der Waals surface area (Å²) in [4.78, 5) is 14.7. The van der Waals surface area contributed by atoms with Crippen LogP contribution < -0.4 is 18.9 Å². The summed E-state index contributed by atoms with van der Waals surface area (Å²) in [5.74, 6) is 4.14. The molecule has 556 valence electrons. The number of rotatable bonds is 36. The van der Waals surface area contributed by atoms with Gasteiger partial charge in [-0.3, -0.25) is 4.79 Å². The van der Waals surface area contributed by atoms with Gasteiger partial charge in [0.25, 0.3) is 0 Å². The standard InChI is InChI=1S/C81H126O15Si4/c1-22-57(3)66-31-41-75(42-32-66)88-60(6)85-55-63-25-27-64(28-26-63)56-86-61(7)89-77-45-35-69(36-46-77)71(52-65(23-2)68-33-43-76(44-34-68)87-59(5)84-49-24-50-100(21)95-98(17,18)93-97(15,16)94-99(19,20)96-100)53-72(70-37-47-78(48-38-70)90-62(8)91-80(9,10)11)54-73(79(83)92-81(12,13)14)51-58(4)67-29-39-74(82)40-30-67/h29-48,57-65,71-73,82H,22-28,49-56H2,1-21H3. The first-order valence-electron chi connectivity index (χ1n) is 37.3. The third-order valence-electron chi connectivity index (χ3n) is 19.0. The topological polar surface area (TPSA) is 157 Å².